The molecule has 0 atom stereocenters. The molecule has 1 aromatic heterocycles. The van der Waals surface area contributed by atoms with Gasteiger partial charge in [0, 0.05) is 5.75 Å². The molecule has 0 aliphatic heterocycles. The monoisotopic (exact) mass is 294 g/mol. The molecule has 0 spiro atoms. The molecule has 21 heavy (non-hydrogen) atoms. The van der Waals surface area contributed by atoms with E-state index in [4.69, 9.17) is 0 Å². The minimum atomic E-state index is -0.0878. The summed E-state index contributed by atoms with van der Waals surface area (Å²) in [5.41, 5.74) is 1.81. The number of benzene rings is 2. The average Bonchev–Trinajstić information content (AvgIpc) is 2.53. The lowest BCUT2D eigenvalue weighted by molar-refractivity contribution is 0.976. The van der Waals surface area contributed by atoms with Crippen molar-refractivity contribution in [3.8, 4) is 0 Å². The molecule has 0 fully saturated rings. The topological polar surface area (TPSA) is 45.8 Å². The molecule has 1 N–H and O–H groups in total. The van der Waals surface area contributed by atoms with Crippen molar-refractivity contribution in [3.63, 3.8) is 0 Å². The van der Waals surface area contributed by atoms with Crippen LogP contribution in [0, 0.1) is 0 Å². The van der Waals surface area contributed by atoms with Crippen LogP contribution in [-0.4, -0.2) is 15.7 Å². The number of hydrogen-bond acceptors (Lipinski definition) is 3. The molecule has 0 bridgehead atoms. The summed E-state index contributed by atoms with van der Waals surface area (Å²) < 4.78 is 0. The molecule has 0 aliphatic carbocycles. The number of nitrogens with zero attached hydrogens (tertiary/aromatic N) is 1. The summed E-state index contributed by atoms with van der Waals surface area (Å²) >= 11 is 1.52. The average molecular weight is 294 g/mol. The van der Waals surface area contributed by atoms with E-state index in [9.17, 15) is 4.79 Å². The maximum atomic E-state index is 11.9. The third-order valence-electron chi connectivity index (χ3n) is 3.02. The van der Waals surface area contributed by atoms with Crippen molar-refractivity contribution in [2.75, 3.05) is 5.75 Å². The number of H-pyrrole nitrogens is 1. The Bertz CT molecular complexity index is 825. The van der Waals surface area contributed by atoms with E-state index in [0.717, 1.165) is 16.8 Å². The van der Waals surface area contributed by atoms with Crippen molar-refractivity contribution < 1.29 is 0 Å². The number of thioether (sulfide) groups is 1. The third kappa shape index (κ3) is 3.41. The Balaban J connectivity index is 1.71. The van der Waals surface area contributed by atoms with Crippen molar-refractivity contribution in [1.29, 1.82) is 0 Å². The minimum absolute atomic E-state index is 0.0878. The van der Waals surface area contributed by atoms with E-state index in [-0.39, 0.29) is 5.56 Å². The molecular formula is C17H14N2OS. The molecule has 104 valence electrons. The molecule has 3 aromatic rings. The van der Waals surface area contributed by atoms with Crippen LogP contribution in [0.4, 0.5) is 0 Å². The Morgan fingerprint density at radius 1 is 1.05 bits per heavy atom. The summed E-state index contributed by atoms with van der Waals surface area (Å²) in [6.07, 6.45) is 4.13. The summed E-state index contributed by atoms with van der Waals surface area (Å²) in [5, 5.41) is 1.28. The predicted molar refractivity (Wildman–Crippen MR) is 88.6 cm³/mol. The first kappa shape index (κ1) is 13.6. The lowest BCUT2D eigenvalue weighted by Gasteiger charge is -2.00. The SMILES string of the molecule is O=c1[nH]c(SC/C=C/c2ccccc2)nc2ccccc12. The van der Waals surface area contributed by atoms with Crippen LogP contribution in [0.1, 0.15) is 5.56 Å². The molecule has 0 aliphatic rings. The molecular weight excluding hydrogens is 280 g/mol. The molecule has 3 nitrogen and oxygen atoms in total. The van der Waals surface area contributed by atoms with E-state index in [1.165, 1.54) is 11.8 Å². The summed E-state index contributed by atoms with van der Waals surface area (Å²) in [4.78, 5) is 19.2. The first-order chi connectivity index (χ1) is 10.3. The van der Waals surface area contributed by atoms with Gasteiger partial charge in [-0.1, -0.05) is 66.4 Å². The third-order valence-corrected chi connectivity index (χ3v) is 3.84. The van der Waals surface area contributed by atoms with Crippen LogP contribution in [-0.2, 0) is 0 Å². The fraction of sp³-hybridized carbons (Fsp3) is 0.0588. The van der Waals surface area contributed by atoms with Gasteiger partial charge in [0.1, 0.15) is 0 Å². The second-order valence-corrected chi connectivity index (χ2v) is 5.52. The maximum absolute atomic E-state index is 11.9. The Morgan fingerprint density at radius 2 is 1.81 bits per heavy atom. The van der Waals surface area contributed by atoms with Gasteiger partial charge in [-0.15, -0.1) is 0 Å². The van der Waals surface area contributed by atoms with Gasteiger partial charge in [0.05, 0.1) is 10.9 Å². The molecule has 0 unspecified atom stereocenters. The molecule has 4 heteroatoms. The van der Waals surface area contributed by atoms with Crippen LogP contribution in [0.5, 0.6) is 0 Å². The Hall–Kier alpha value is -2.33. The molecule has 0 saturated carbocycles. The smallest absolute Gasteiger partial charge is 0.259 e. The number of rotatable bonds is 4. The normalized spacial score (nSPS) is 11.2. The van der Waals surface area contributed by atoms with Gasteiger partial charge >= 0.3 is 0 Å². The van der Waals surface area contributed by atoms with Crippen LogP contribution < -0.4 is 5.56 Å². The van der Waals surface area contributed by atoms with Crippen LogP contribution in [0.25, 0.3) is 17.0 Å². The summed E-state index contributed by atoms with van der Waals surface area (Å²) in [6, 6.07) is 17.5. The fourth-order valence-electron chi connectivity index (χ4n) is 2.01. The lowest BCUT2D eigenvalue weighted by atomic mass is 10.2. The highest BCUT2D eigenvalue weighted by atomic mass is 32.2. The van der Waals surface area contributed by atoms with E-state index >= 15 is 0 Å². The second kappa shape index (κ2) is 6.41. The number of fused-ring (bicyclic) bond motifs is 1. The molecule has 0 saturated heterocycles. The van der Waals surface area contributed by atoms with E-state index < -0.39 is 0 Å². The zero-order valence-electron chi connectivity index (χ0n) is 11.3. The van der Waals surface area contributed by atoms with E-state index in [2.05, 4.69) is 34.3 Å². The quantitative estimate of drug-likeness (QED) is 0.589. The van der Waals surface area contributed by atoms with Crippen molar-refractivity contribution in [3.05, 3.63) is 76.6 Å². The van der Waals surface area contributed by atoms with Crippen molar-refractivity contribution in [2.24, 2.45) is 0 Å². The number of para-hydroxylation sites is 1. The molecule has 0 radical (unpaired) electrons. The van der Waals surface area contributed by atoms with Gasteiger partial charge in [0.2, 0.25) is 0 Å². The van der Waals surface area contributed by atoms with Gasteiger partial charge in [0.25, 0.3) is 5.56 Å². The predicted octanol–water partition coefficient (Wildman–Crippen LogP) is 3.73. The van der Waals surface area contributed by atoms with Crippen LogP contribution in [0.3, 0.4) is 0 Å². The first-order valence-corrected chi connectivity index (χ1v) is 7.65. The lowest BCUT2D eigenvalue weighted by Crippen LogP contribution is -2.08. The van der Waals surface area contributed by atoms with Crippen LogP contribution in [0.15, 0.2) is 70.6 Å². The Labute approximate surface area is 126 Å². The van der Waals surface area contributed by atoms with Gasteiger partial charge in [-0.05, 0) is 17.7 Å². The molecule has 1 heterocycles. The Morgan fingerprint density at radius 3 is 2.67 bits per heavy atom. The van der Waals surface area contributed by atoms with Gasteiger partial charge < -0.3 is 4.98 Å². The number of aromatic amines is 1. The van der Waals surface area contributed by atoms with Crippen molar-refractivity contribution >= 4 is 28.7 Å². The minimum Gasteiger partial charge on any atom is -0.301 e. The summed E-state index contributed by atoms with van der Waals surface area (Å²) in [6.45, 7) is 0. The summed E-state index contributed by atoms with van der Waals surface area (Å²) in [5.74, 6) is 0.760. The van der Waals surface area contributed by atoms with Crippen molar-refractivity contribution in [2.45, 2.75) is 5.16 Å². The fourth-order valence-corrected chi connectivity index (χ4v) is 2.69. The second-order valence-electron chi connectivity index (χ2n) is 4.51. The highest BCUT2D eigenvalue weighted by molar-refractivity contribution is 7.99. The van der Waals surface area contributed by atoms with Gasteiger partial charge in [-0.2, -0.15) is 0 Å². The number of hydrogen-bond donors (Lipinski definition) is 1. The number of nitrogens with one attached hydrogen (secondary N) is 1. The van der Waals surface area contributed by atoms with Gasteiger partial charge in [-0.25, -0.2) is 4.98 Å². The van der Waals surface area contributed by atoms with E-state index in [0.29, 0.717) is 10.5 Å². The van der Waals surface area contributed by atoms with Crippen LogP contribution >= 0.6 is 11.8 Å². The van der Waals surface area contributed by atoms with Gasteiger partial charge in [0.15, 0.2) is 5.16 Å². The Kier molecular flexibility index (Phi) is 4.17. The highest BCUT2D eigenvalue weighted by Crippen LogP contribution is 2.15. The molecule has 0 amide bonds. The first-order valence-electron chi connectivity index (χ1n) is 6.66. The zero-order valence-corrected chi connectivity index (χ0v) is 12.1. The van der Waals surface area contributed by atoms with Crippen molar-refractivity contribution in [1.82, 2.24) is 9.97 Å². The summed E-state index contributed by atoms with van der Waals surface area (Å²) in [7, 11) is 0. The van der Waals surface area contributed by atoms with E-state index in [1.807, 2.05) is 36.4 Å². The van der Waals surface area contributed by atoms with Crippen LogP contribution in [0.2, 0.25) is 0 Å². The van der Waals surface area contributed by atoms with E-state index in [1.54, 1.807) is 6.07 Å². The largest absolute Gasteiger partial charge is 0.301 e. The standard InChI is InChI=1S/C17H14N2OS/c20-16-14-10-4-5-11-15(14)18-17(19-16)21-12-6-9-13-7-2-1-3-8-13/h1-11H,12H2,(H,18,19,20)/b9-6+. The molecule has 2 aromatic carbocycles. The zero-order chi connectivity index (χ0) is 14.5. The number of aromatic nitrogens is 2. The highest BCUT2D eigenvalue weighted by Gasteiger charge is 2.02. The maximum Gasteiger partial charge on any atom is 0.259 e. The van der Waals surface area contributed by atoms with Gasteiger partial charge in [-0.3, -0.25) is 4.79 Å². The molecule has 3 rings (SSSR count).